The van der Waals surface area contributed by atoms with Gasteiger partial charge < -0.3 is 19.5 Å². The van der Waals surface area contributed by atoms with Crippen LogP contribution in [0.2, 0.25) is 0 Å². The van der Waals surface area contributed by atoms with Crippen LogP contribution in [0.15, 0.2) is 42.5 Å². The molecule has 0 aliphatic carbocycles. The molecular weight excluding hydrogens is 352 g/mol. The van der Waals surface area contributed by atoms with Crippen LogP contribution in [-0.2, 0) is 4.79 Å². The number of H-pyrrole nitrogens is 1. The van der Waals surface area contributed by atoms with Gasteiger partial charge in [-0.1, -0.05) is 18.2 Å². The first kappa shape index (κ1) is 18.3. The Morgan fingerprint density at radius 2 is 1.93 bits per heavy atom. The van der Waals surface area contributed by atoms with Crippen molar-refractivity contribution in [3.63, 3.8) is 0 Å². The lowest BCUT2D eigenvalue weighted by Crippen LogP contribution is -2.38. The van der Waals surface area contributed by atoms with E-state index in [1.807, 2.05) is 54.3 Å². The molecule has 2 aromatic carbocycles. The molecular formula is C22H26N4O2. The molecule has 1 saturated heterocycles. The van der Waals surface area contributed by atoms with Gasteiger partial charge in [0.05, 0.1) is 11.0 Å². The van der Waals surface area contributed by atoms with Crippen molar-refractivity contribution in [2.45, 2.75) is 20.3 Å². The fourth-order valence-electron chi connectivity index (χ4n) is 3.51. The summed E-state index contributed by atoms with van der Waals surface area (Å²) in [4.78, 5) is 24.8. The first-order chi connectivity index (χ1) is 13.6. The Labute approximate surface area is 165 Å². The molecule has 4 rings (SSSR count). The van der Waals surface area contributed by atoms with Crippen LogP contribution in [0.25, 0.3) is 11.0 Å². The largest absolute Gasteiger partial charge is 0.484 e. The average molecular weight is 378 g/mol. The van der Waals surface area contributed by atoms with Crippen molar-refractivity contribution in [2.24, 2.45) is 0 Å². The lowest BCUT2D eigenvalue weighted by Gasteiger charge is -2.22. The highest BCUT2D eigenvalue weighted by atomic mass is 16.5. The fraction of sp³-hybridized carbons (Fsp3) is 0.364. The van der Waals surface area contributed by atoms with Gasteiger partial charge in [-0.05, 0) is 55.7 Å². The number of benzene rings is 2. The molecule has 0 unspecified atom stereocenters. The summed E-state index contributed by atoms with van der Waals surface area (Å²) < 4.78 is 5.73. The van der Waals surface area contributed by atoms with E-state index in [9.17, 15) is 4.79 Å². The number of ether oxygens (including phenoxy) is 1. The maximum atomic E-state index is 12.6. The van der Waals surface area contributed by atoms with Gasteiger partial charge in [-0.25, -0.2) is 4.98 Å². The van der Waals surface area contributed by atoms with Crippen LogP contribution in [0.5, 0.6) is 5.75 Å². The summed E-state index contributed by atoms with van der Waals surface area (Å²) in [7, 11) is 0. The van der Waals surface area contributed by atoms with Crippen LogP contribution in [0.3, 0.4) is 0 Å². The molecule has 3 aromatic rings. The van der Waals surface area contributed by atoms with Crippen LogP contribution in [0.4, 0.5) is 5.95 Å². The molecule has 146 valence electrons. The highest BCUT2D eigenvalue weighted by Gasteiger charge is 2.21. The second-order valence-corrected chi connectivity index (χ2v) is 7.33. The number of hydrogen-bond acceptors (Lipinski definition) is 4. The summed E-state index contributed by atoms with van der Waals surface area (Å²) >= 11 is 0. The van der Waals surface area contributed by atoms with E-state index in [4.69, 9.17) is 4.74 Å². The van der Waals surface area contributed by atoms with Crippen LogP contribution in [0, 0.1) is 13.8 Å². The summed E-state index contributed by atoms with van der Waals surface area (Å²) in [5.41, 5.74) is 4.39. The van der Waals surface area contributed by atoms with E-state index in [1.165, 1.54) is 11.1 Å². The Bertz CT molecular complexity index is 949. The molecule has 1 aromatic heterocycles. The molecule has 2 heterocycles. The number of nitrogens with one attached hydrogen (secondary N) is 1. The van der Waals surface area contributed by atoms with Gasteiger partial charge >= 0.3 is 0 Å². The fourth-order valence-corrected chi connectivity index (χ4v) is 3.51. The minimum Gasteiger partial charge on any atom is -0.484 e. The number of carbonyl (C=O) groups excluding carboxylic acids is 1. The predicted molar refractivity (Wildman–Crippen MR) is 111 cm³/mol. The summed E-state index contributed by atoms with van der Waals surface area (Å²) in [6.45, 7) is 7.24. The third kappa shape index (κ3) is 3.96. The van der Waals surface area contributed by atoms with Gasteiger partial charge in [0.1, 0.15) is 5.75 Å². The van der Waals surface area contributed by atoms with E-state index in [-0.39, 0.29) is 12.5 Å². The molecule has 0 spiro atoms. The quantitative estimate of drug-likeness (QED) is 0.757. The number of fused-ring (bicyclic) bond motifs is 1. The molecule has 1 aliphatic rings. The zero-order valence-electron chi connectivity index (χ0n) is 16.4. The van der Waals surface area contributed by atoms with E-state index in [2.05, 4.69) is 21.8 Å². The van der Waals surface area contributed by atoms with Crippen molar-refractivity contribution in [3.8, 4) is 5.75 Å². The van der Waals surface area contributed by atoms with Gasteiger partial charge in [0.2, 0.25) is 5.95 Å². The van der Waals surface area contributed by atoms with E-state index in [0.717, 1.165) is 48.8 Å². The number of nitrogens with zero attached hydrogens (tertiary/aromatic N) is 3. The predicted octanol–water partition coefficient (Wildman–Crippen LogP) is 3.30. The molecule has 28 heavy (non-hydrogen) atoms. The molecule has 1 fully saturated rings. The van der Waals surface area contributed by atoms with Crippen LogP contribution >= 0.6 is 0 Å². The van der Waals surface area contributed by atoms with Gasteiger partial charge in [-0.2, -0.15) is 0 Å². The maximum Gasteiger partial charge on any atom is 0.260 e. The number of rotatable bonds is 4. The number of hydrogen-bond donors (Lipinski definition) is 1. The Morgan fingerprint density at radius 1 is 1.07 bits per heavy atom. The number of para-hydroxylation sites is 2. The molecule has 0 saturated carbocycles. The molecule has 1 N–H and O–H groups in total. The van der Waals surface area contributed by atoms with Crippen LogP contribution in [-0.4, -0.2) is 53.6 Å². The third-order valence-corrected chi connectivity index (χ3v) is 5.37. The van der Waals surface area contributed by atoms with Gasteiger partial charge in [0.25, 0.3) is 5.91 Å². The number of aryl methyl sites for hydroxylation is 2. The Balaban J connectivity index is 1.35. The smallest absolute Gasteiger partial charge is 0.260 e. The molecule has 6 heteroatoms. The van der Waals surface area contributed by atoms with Crippen molar-refractivity contribution in [1.82, 2.24) is 14.9 Å². The number of imidazole rings is 1. The minimum atomic E-state index is 0.0321. The standard InChI is InChI=1S/C22H26N4O2/c1-16-8-9-18(14-17(16)2)28-15-21(27)25-10-5-11-26(13-12-25)22-23-19-6-3-4-7-20(19)24-22/h3-4,6-9,14H,5,10-13,15H2,1-2H3,(H,23,24). The normalized spacial score (nSPS) is 14.9. The lowest BCUT2D eigenvalue weighted by molar-refractivity contribution is -0.133. The maximum absolute atomic E-state index is 12.6. The summed E-state index contributed by atoms with van der Waals surface area (Å²) in [6, 6.07) is 14.0. The highest BCUT2D eigenvalue weighted by molar-refractivity contribution is 5.78. The van der Waals surface area contributed by atoms with Gasteiger partial charge in [-0.3, -0.25) is 4.79 Å². The molecule has 0 radical (unpaired) electrons. The number of aromatic nitrogens is 2. The Hall–Kier alpha value is -3.02. The van der Waals surface area contributed by atoms with Crippen molar-refractivity contribution in [3.05, 3.63) is 53.6 Å². The zero-order chi connectivity index (χ0) is 19.5. The lowest BCUT2D eigenvalue weighted by atomic mass is 10.1. The van der Waals surface area contributed by atoms with Crippen molar-refractivity contribution >= 4 is 22.9 Å². The molecule has 0 bridgehead atoms. The minimum absolute atomic E-state index is 0.0321. The molecule has 1 amide bonds. The number of amides is 1. The Kier molecular flexibility index (Phi) is 5.19. The molecule has 0 atom stereocenters. The van der Waals surface area contributed by atoms with E-state index in [0.29, 0.717) is 6.54 Å². The monoisotopic (exact) mass is 378 g/mol. The number of carbonyl (C=O) groups is 1. The number of anilines is 1. The van der Waals surface area contributed by atoms with E-state index < -0.39 is 0 Å². The SMILES string of the molecule is Cc1ccc(OCC(=O)N2CCCN(c3nc4ccccc4[nH]3)CC2)cc1C. The third-order valence-electron chi connectivity index (χ3n) is 5.37. The summed E-state index contributed by atoms with van der Waals surface area (Å²) in [6.07, 6.45) is 0.909. The molecule has 6 nitrogen and oxygen atoms in total. The second kappa shape index (κ2) is 7.92. The first-order valence-corrected chi connectivity index (χ1v) is 9.78. The summed E-state index contributed by atoms with van der Waals surface area (Å²) in [5.74, 6) is 1.65. The number of aromatic amines is 1. The first-order valence-electron chi connectivity index (χ1n) is 9.78. The van der Waals surface area contributed by atoms with Crippen LogP contribution in [0.1, 0.15) is 17.5 Å². The van der Waals surface area contributed by atoms with Gasteiger partial charge in [-0.15, -0.1) is 0 Å². The van der Waals surface area contributed by atoms with Crippen molar-refractivity contribution in [2.75, 3.05) is 37.7 Å². The topological polar surface area (TPSA) is 61.5 Å². The average Bonchev–Trinajstić information content (AvgIpc) is 2.98. The molecule has 1 aliphatic heterocycles. The van der Waals surface area contributed by atoms with Crippen molar-refractivity contribution < 1.29 is 9.53 Å². The summed E-state index contributed by atoms with van der Waals surface area (Å²) in [5, 5.41) is 0. The highest BCUT2D eigenvalue weighted by Crippen LogP contribution is 2.19. The van der Waals surface area contributed by atoms with E-state index in [1.54, 1.807) is 0 Å². The van der Waals surface area contributed by atoms with Gasteiger partial charge in [0.15, 0.2) is 6.61 Å². The van der Waals surface area contributed by atoms with Gasteiger partial charge in [0, 0.05) is 26.2 Å². The zero-order valence-corrected chi connectivity index (χ0v) is 16.4. The Morgan fingerprint density at radius 3 is 2.75 bits per heavy atom. The van der Waals surface area contributed by atoms with Crippen LogP contribution < -0.4 is 9.64 Å². The second-order valence-electron chi connectivity index (χ2n) is 7.33. The van der Waals surface area contributed by atoms with Crippen molar-refractivity contribution in [1.29, 1.82) is 0 Å². The van der Waals surface area contributed by atoms with E-state index >= 15 is 0 Å².